The number of para-hydroxylation sites is 2. The van der Waals surface area contributed by atoms with Crippen LogP contribution in [0.2, 0.25) is 0 Å². The van der Waals surface area contributed by atoms with Gasteiger partial charge in [0, 0.05) is 61.2 Å². The van der Waals surface area contributed by atoms with E-state index in [9.17, 15) is 9.59 Å². The van der Waals surface area contributed by atoms with Gasteiger partial charge in [-0.3, -0.25) is 19.7 Å². The van der Waals surface area contributed by atoms with E-state index in [1.165, 1.54) is 0 Å². The normalized spacial score (nSPS) is 16.2. The van der Waals surface area contributed by atoms with E-state index in [4.69, 9.17) is 19.9 Å². The number of nitrogens with one attached hydrogen (secondary N) is 2. The molecule has 10 nitrogen and oxygen atoms in total. The molecule has 10 heteroatoms. The molecule has 188 valence electrons. The number of aromatic amines is 1. The highest BCUT2D eigenvalue weighted by molar-refractivity contribution is 6.50. The van der Waals surface area contributed by atoms with Gasteiger partial charge in [-0.05, 0) is 19.2 Å². The minimum absolute atomic E-state index is 0.290. The number of carbonyl (C=O) groups excluding carboxylic acids is 2. The summed E-state index contributed by atoms with van der Waals surface area (Å²) in [4.78, 5) is 52.4. The van der Waals surface area contributed by atoms with E-state index < -0.39 is 17.8 Å². The summed E-state index contributed by atoms with van der Waals surface area (Å²) < 4.78 is 0. The number of likely N-dealkylation sites (N-methyl/N-ethyl adjacent to an activating group) is 1. The lowest BCUT2D eigenvalue weighted by molar-refractivity contribution is -0.134. The Labute approximate surface area is 212 Å². The third kappa shape index (κ3) is 4.66. The van der Waals surface area contributed by atoms with E-state index in [2.05, 4.69) is 27.1 Å². The quantitative estimate of drug-likeness (QED) is 0.367. The summed E-state index contributed by atoms with van der Waals surface area (Å²) in [6.45, 7) is 4.50. The molecule has 0 saturated carbocycles. The maximum atomic E-state index is 13.1. The number of aromatic nitrogens is 3. The van der Waals surface area contributed by atoms with Gasteiger partial charge in [0.25, 0.3) is 17.8 Å². The molecular formula is C27H26N6O4. The van der Waals surface area contributed by atoms with Crippen molar-refractivity contribution in [3.8, 4) is 0 Å². The van der Waals surface area contributed by atoms with Crippen molar-refractivity contribution in [3.05, 3.63) is 66.0 Å². The zero-order valence-electron chi connectivity index (χ0n) is 20.5. The van der Waals surface area contributed by atoms with Crippen molar-refractivity contribution in [1.82, 2.24) is 25.2 Å². The van der Waals surface area contributed by atoms with Crippen molar-refractivity contribution >= 4 is 56.7 Å². The molecule has 2 aliphatic heterocycles. The number of hydrogen-bond donors (Lipinski definition) is 3. The smallest absolute Gasteiger partial charge is 0.300 e. The predicted molar refractivity (Wildman–Crippen MR) is 141 cm³/mol. The van der Waals surface area contributed by atoms with Crippen LogP contribution in [0.4, 0.5) is 5.95 Å². The first-order valence-corrected chi connectivity index (χ1v) is 11.9. The molecular weight excluding hydrogens is 472 g/mol. The Bertz CT molecular complexity index is 1560. The molecule has 0 radical (unpaired) electrons. The molecule has 4 aromatic rings. The number of imide groups is 1. The number of H-pyrrole nitrogens is 1. The van der Waals surface area contributed by atoms with Gasteiger partial charge >= 0.3 is 0 Å². The van der Waals surface area contributed by atoms with Crippen LogP contribution in [0, 0.1) is 0 Å². The minimum Gasteiger partial charge on any atom is -0.481 e. The van der Waals surface area contributed by atoms with Crippen LogP contribution >= 0.6 is 0 Å². The van der Waals surface area contributed by atoms with Crippen LogP contribution in [0.3, 0.4) is 0 Å². The van der Waals surface area contributed by atoms with Gasteiger partial charge in [-0.1, -0.05) is 36.4 Å². The summed E-state index contributed by atoms with van der Waals surface area (Å²) in [5, 5.41) is 11.5. The number of piperazine rings is 1. The standard InChI is InChI=1S/C25H22N6O2.C2H4O2/c1-30-10-12-31(13-11-30)25-27-19-9-5-3-7-16(19)22(28-25)21-20(23(32)29-24(21)33)17-14-26-18-8-4-2-6-15(17)18;1-2(3)4/h2-9,14,26H,10-13H2,1H3,(H,29,32,33);1H3,(H,3,4). The van der Waals surface area contributed by atoms with Crippen molar-refractivity contribution < 1.29 is 19.5 Å². The van der Waals surface area contributed by atoms with E-state index in [-0.39, 0.29) is 0 Å². The molecule has 0 bridgehead atoms. The molecule has 2 aromatic heterocycles. The average molecular weight is 499 g/mol. The summed E-state index contributed by atoms with van der Waals surface area (Å²) in [6, 6.07) is 15.4. The topological polar surface area (TPSA) is 132 Å². The third-order valence-electron chi connectivity index (χ3n) is 6.40. The second-order valence-corrected chi connectivity index (χ2v) is 8.98. The fourth-order valence-corrected chi connectivity index (χ4v) is 4.62. The fraction of sp³-hybridized carbons (Fsp3) is 0.222. The summed E-state index contributed by atoms with van der Waals surface area (Å²) in [5.74, 6) is -1.10. The summed E-state index contributed by atoms with van der Waals surface area (Å²) in [7, 11) is 2.09. The lowest BCUT2D eigenvalue weighted by Crippen LogP contribution is -2.45. The second kappa shape index (κ2) is 9.82. The van der Waals surface area contributed by atoms with Crippen LogP contribution in [0.25, 0.3) is 33.0 Å². The maximum Gasteiger partial charge on any atom is 0.300 e. The number of amides is 2. The van der Waals surface area contributed by atoms with Crippen molar-refractivity contribution in [3.63, 3.8) is 0 Å². The maximum absolute atomic E-state index is 13.1. The van der Waals surface area contributed by atoms with Crippen LogP contribution in [-0.2, 0) is 14.4 Å². The Morgan fingerprint density at radius 3 is 2.24 bits per heavy atom. The fourth-order valence-electron chi connectivity index (χ4n) is 4.62. The molecule has 6 rings (SSSR count). The molecule has 3 N–H and O–H groups in total. The highest BCUT2D eigenvalue weighted by Gasteiger charge is 2.35. The number of hydrogen-bond acceptors (Lipinski definition) is 7. The van der Waals surface area contributed by atoms with Gasteiger partial charge in [-0.15, -0.1) is 0 Å². The number of carboxylic acid groups (broad SMARTS) is 1. The van der Waals surface area contributed by atoms with Gasteiger partial charge in [0.2, 0.25) is 5.95 Å². The Kier molecular flexibility index (Phi) is 6.41. The monoisotopic (exact) mass is 498 g/mol. The highest BCUT2D eigenvalue weighted by Crippen LogP contribution is 2.37. The molecule has 4 heterocycles. The number of carboxylic acids is 1. The number of benzene rings is 2. The third-order valence-corrected chi connectivity index (χ3v) is 6.40. The Hall–Kier alpha value is -4.57. The molecule has 2 amide bonds. The van der Waals surface area contributed by atoms with Gasteiger partial charge in [-0.25, -0.2) is 9.97 Å². The van der Waals surface area contributed by atoms with Gasteiger partial charge in [-0.2, -0.15) is 0 Å². The molecule has 2 aromatic carbocycles. The molecule has 1 fully saturated rings. The van der Waals surface area contributed by atoms with Gasteiger partial charge in [0.05, 0.1) is 22.4 Å². The first-order valence-electron chi connectivity index (χ1n) is 11.9. The van der Waals surface area contributed by atoms with E-state index >= 15 is 0 Å². The molecule has 0 unspecified atom stereocenters. The summed E-state index contributed by atoms with van der Waals surface area (Å²) >= 11 is 0. The lowest BCUT2D eigenvalue weighted by Gasteiger charge is -2.32. The summed E-state index contributed by atoms with van der Waals surface area (Å²) in [6.07, 6.45) is 1.78. The first kappa shape index (κ1) is 24.1. The van der Waals surface area contributed by atoms with E-state index in [0.717, 1.165) is 54.9 Å². The molecule has 0 aliphatic carbocycles. The molecule has 37 heavy (non-hydrogen) atoms. The van der Waals surface area contributed by atoms with Crippen LogP contribution in [0.5, 0.6) is 0 Å². The van der Waals surface area contributed by atoms with Crippen molar-refractivity contribution in [2.75, 3.05) is 38.1 Å². The number of aliphatic carboxylic acids is 1. The van der Waals surface area contributed by atoms with Crippen LogP contribution < -0.4 is 10.2 Å². The van der Waals surface area contributed by atoms with Gasteiger partial charge in [0.15, 0.2) is 0 Å². The Balaban J connectivity index is 0.000000655. The van der Waals surface area contributed by atoms with E-state index in [1.807, 2.05) is 48.5 Å². The molecule has 0 atom stereocenters. The van der Waals surface area contributed by atoms with Gasteiger partial charge in [0.1, 0.15) is 0 Å². The SMILES string of the molecule is CC(=O)O.CN1CCN(c2nc(C3=C(c4c[nH]c5ccccc45)C(=O)NC3=O)c3ccccc3n2)CC1. The van der Waals surface area contributed by atoms with E-state index in [1.54, 1.807) is 6.20 Å². The number of anilines is 1. The Morgan fingerprint density at radius 2 is 1.51 bits per heavy atom. The largest absolute Gasteiger partial charge is 0.481 e. The highest BCUT2D eigenvalue weighted by atomic mass is 16.4. The Morgan fingerprint density at radius 1 is 0.892 bits per heavy atom. The number of fused-ring (bicyclic) bond motifs is 2. The van der Waals surface area contributed by atoms with Crippen molar-refractivity contribution in [2.45, 2.75) is 6.92 Å². The van der Waals surface area contributed by atoms with Crippen molar-refractivity contribution in [2.24, 2.45) is 0 Å². The second-order valence-electron chi connectivity index (χ2n) is 8.98. The minimum atomic E-state index is -0.833. The zero-order chi connectivity index (χ0) is 26.1. The van der Waals surface area contributed by atoms with Crippen LogP contribution in [0.15, 0.2) is 54.7 Å². The number of nitrogens with zero attached hydrogens (tertiary/aromatic N) is 4. The van der Waals surface area contributed by atoms with Gasteiger partial charge < -0.3 is 19.9 Å². The molecule has 2 aliphatic rings. The van der Waals surface area contributed by atoms with Crippen LogP contribution in [0.1, 0.15) is 18.2 Å². The average Bonchev–Trinajstić information content (AvgIpc) is 3.42. The summed E-state index contributed by atoms with van der Waals surface area (Å²) in [5.41, 5.74) is 3.45. The number of rotatable bonds is 3. The number of carbonyl (C=O) groups is 3. The van der Waals surface area contributed by atoms with E-state index in [0.29, 0.717) is 28.4 Å². The predicted octanol–water partition coefficient (Wildman–Crippen LogP) is 2.52. The molecule has 0 spiro atoms. The van der Waals surface area contributed by atoms with Crippen molar-refractivity contribution in [1.29, 1.82) is 0 Å². The van der Waals surface area contributed by atoms with Crippen LogP contribution in [-0.4, -0.2) is 76.0 Å². The first-order chi connectivity index (χ1) is 17.8. The molecule has 1 saturated heterocycles. The zero-order valence-corrected chi connectivity index (χ0v) is 20.5. The lowest BCUT2D eigenvalue weighted by atomic mass is 9.97.